The number of hydrogen-bond acceptors (Lipinski definition) is 5. The van der Waals surface area contributed by atoms with Crippen molar-refractivity contribution in [1.29, 1.82) is 5.41 Å². The van der Waals surface area contributed by atoms with Crippen LogP contribution < -0.4 is 4.43 Å². The highest BCUT2D eigenvalue weighted by molar-refractivity contribution is 9.10. The summed E-state index contributed by atoms with van der Waals surface area (Å²) >= 11 is 3.63. The van der Waals surface area contributed by atoms with E-state index in [1.807, 2.05) is 59.7 Å². The first-order valence-electron chi connectivity index (χ1n) is 10.7. The molecule has 0 saturated carbocycles. The number of nitrogens with one attached hydrogen (secondary N) is 1. The van der Waals surface area contributed by atoms with Gasteiger partial charge in [0.25, 0.3) is 8.32 Å². The summed E-state index contributed by atoms with van der Waals surface area (Å²) in [6.45, 7) is 22.3. The van der Waals surface area contributed by atoms with Gasteiger partial charge < -0.3 is 4.43 Å². The van der Waals surface area contributed by atoms with E-state index in [1.54, 1.807) is 0 Å². The lowest BCUT2D eigenvalue weighted by molar-refractivity contribution is -0.227. The largest absolute Gasteiger partial charge is 0.543 e. The van der Waals surface area contributed by atoms with Crippen LogP contribution in [0.25, 0.3) is 0 Å². The van der Waals surface area contributed by atoms with Crippen LogP contribution in [0.5, 0.6) is 5.75 Å². The Morgan fingerprint density at radius 2 is 1.56 bits per heavy atom. The maximum absolute atomic E-state index is 11.6. The number of hydroxylamine groups is 4. The van der Waals surface area contributed by atoms with Crippen LogP contribution >= 0.6 is 15.9 Å². The first-order valence-corrected chi connectivity index (χ1v) is 14.4. The Labute approximate surface area is 203 Å². The number of carbonyl (C=O) groups is 1. The summed E-state index contributed by atoms with van der Waals surface area (Å²) in [6.07, 6.45) is 0.471. The molecule has 182 valence electrons. The molecular weight excluding hydrogens is 490 g/mol. The van der Waals surface area contributed by atoms with Gasteiger partial charge in [0.15, 0.2) is 0 Å². The fraction of sp³-hybridized carbons (Fsp3) is 0.652. The van der Waals surface area contributed by atoms with Crippen LogP contribution in [0.2, 0.25) is 18.1 Å². The van der Waals surface area contributed by atoms with E-state index in [0.717, 1.165) is 20.8 Å². The van der Waals surface area contributed by atoms with Crippen LogP contribution in [0, 0.1) is 5.41 Å². The van der Waals surface area contributed by atoms with E-state index in [9.17, 15) is 4.79 Å². The molecule has 1 N–H and O–H groups in total. The maximum Gasteiger partial charge on any atom is 0.250 e. The highest BCUT2D eigenvalue weighted by Crippen LogP contribution is 2.39. The SMILES string of the molecule is CC(C)(C)ON(C=O)C(=N)N(Cc1ccc(O[Si](C)(C)C(C)(C)C)c(Br)c1)OC(C)(C)C. The molecule has 0 bridgehead atoms. The van der Waals surface area contributed by atoms with E-state index in [-0.39, 0.29) is 17.5 Å². The molecule has 0 atom stereocenters. The van der Waals surface area contributed by atoms with Gasteiger partial charge in [-0.1, -0.05) is 26.8 Å². The second-order valence-electron chi connectivity index (χ2n) is 11.3. The predicted octanol–water partition coefficient (Wildman–Crippen LogP) is 6.49. The number of benzene rings is 1. The molecule has 0 aliphatic carbocycles. The average molecular weight is 531 g/mol. The van der Waals surface area contributed by atoms with Gasteiger partial charge in [0.1, 0.15) is 5.75 Å². The molecule has 0 heterocycles. The van der Waals surface area contributed by atoms with Crippen molar-refractivity contribution in [3.63, 3.8) is 0 Å². The number of rotatable bonds is 7. The molecule has 0 aliphatic heterocycles. The minimum Gasteiger partial charge on any atom is -0.543 e. The van der Waals surface area contributed by atoms with Gasteiger partial charge in [-0.25, -0.2) is 5.06 Å². The van der Waals surface area contributed by atoms with E-state index in [1.165, 1.54) is 5.06 Å². The summed E-state index contributed by atoms with van der Waals surface area (Å²) in [7, 11) is -1.98. The van der Waals surface area contributed by atoms with E-state index in [4.69, 9.17) is 19.5 Å². The van der Waals surface area contributed by atoms with E-state index in [0.29, 0.717) is 6.41 Å². The number of guanidine groups is 1. The summed E-state index contributed by atoms with van der Waals surface area (Å²) in [5, 5.41) is 10.9. The molecule has 0 fully saturated rings. The molecule has 7 nitrogen and oxygen atoms in total. The summed E-state index contributed by atoms with van der Waals surface area (Å²) in [6, 6.07) is 5.82. The maximum atomic E-state index is 11.6. The molecule has 32 heavy (non-hydrogen) atoms. The van der Waals surface area contributed by atoms with E-state index in [2.05, 4.69) is 49.8 Å². The van der Waals surface area contributed by atoms with Crippen molar-refractivity contribution in [2.24, 2.45) is 0 Å². The third-order valence-electron chi connectivity index (χ3n) is 4.79. The lowest BCUT2D eigenvalue weighted by Crippen LogP contribution is -2.48. The first kappa shape index (κ1) is 28.6. The van der Waals surface area contributed by atoms with Crippen molar-refractivity contribution in [3.8, 4) is 5.75 Å². The molecule has 0 unspecified atom stereocenters. The summed E-state index contributed by atoms with van der Waals surface area (Å²) in [4.78, 5) is 23.2. The highest BCUT2D eigenvalue weighted by Gasteiger charge is 2.39. The van der Waals surface area contributed by atoms with Crippen LogP contribution in [-0.2, 0) is 21.0 Å². The summed E-state index contributed by atoms with van der Waals surface area (Å²) in [5.74, 6) is 0.590. The Bertz CT molecular complexity index is 811. The van der Waals surface area contributed by atoms with Crippen LogP contribution in [0.4, 0.5) is 0 Å². The van der Waals surface area contributed by atoms with Gasteiger partial charge in [0.05, 0.1) is 22.2 Å². The van der Waals surface area contributed by atoms with Crippen LogP contribution in [-0.4, -0.2) is 42.0 Å². The van der Waals surface area contributed by atoms with E-state index >= 15 is 0 Å². The normalized spacial score (nSPS) is 13.0. The first-order chi connectivity index (χ1) is 14.3. The molecule has 1 amide bonds. The third kappa shape index (κ3) is 8.84. The summed E-state index contributed by atoms with van der Waals surface area (Å²) in [5.41, 5.74) is -0.340. The molecule has 0 aliphatic rings. The van der Waals surface area contributed by atoms with Crippen LogP contribution in [0.15, 0.2) is 22.7 Å². The van der Waals surface area contributed by atoms with Crippen molar-refractivity contribution < 1.29 is 18.9 Å². The molecule has 0 spiro atoms. The zero-order valence-electron chi connectivity index (χ0n) is 21.4. The zero-order valence-corrected chi connectivity index (χ0v) is 24.0. The molecule has 1 aromatic rings. The van der Waals surface area contributed by atoms with E-state index < -0.39 is 19.5 Å². The second kappa shape index (κ2) is 10.2. The van der Waals surface area contributed by atoms with Gasteiger partial charge in [-0.15, -0.1) is 0 Å². The number of hydrogen-bond donors (Lipinski definition) is 1. The van der Waals surface area contributed by atoms with Gasteiger partial charge in [0, 0.05) is 0 Å². The number of halogens is 1. The quantitative estimate of drug-likeness (QED) is 0.143. The standard InChI is InChI=1S/C23H40BrN3O4Si/c1-21(2,3)30-26(20(25)27(16-28)31-22(4,5)6)15-17-12-13-19(18(24)14-17)29-32(10,11)23(7,8)9/h12-14,16,25H,15H2,1-11H3. The van der Waals surface area contributed by atoms with Gasteiger partial charge >= 0.3 is 0 Å². The minimum absolute atomic E-state index is 0.0862. The molecule has 0 radical (unpaired) electrons. The van der Waals surface area contributed by atoms with Gasteiger partial charge in [-0.3, -0.25) is 19.9 Å². The van der Waals surface area contributed by atoms with Crippen molar-refractivity contribution in [2.45, 2.75) is 98.2 Å². The predicted molar refractivity (Wildman–Crippen MR) is 135 cm³/mol. The summed E-state index contributed by atoms with van der Waals surface area (Å²) < 4.78 is 7.26. The lowest BCUT2D eigenvalue weighted by Gasteiger charge is -2.37. The monoisotopic (exact) mass is 529 g/mol. The Morgan fingerprint density at radius 1 is 1.03 bits per heavy atom. The van der Waals surface area contributed by atoms with Crippen molar-refractivity contribution in [2.75, 3.05) is 0 Å². The number of amides is 1. The fourth-order valence-electron chi connectivity index (χ4n) is 2.32. The topological polar surface area (TPSA) is 75.1 Å². The number of carbonyl (C=O) groups excluding carboxylic acids is 1. The van der Waals surface area contributed by atoms with Crippen molar-refractivity contribution in [1.82, 2.24) is 10.1 Å². The van der Waals surface area contributed by atoms with Crippen LogP contribution in [0.3, 0.4) is 0 Å². The van der Waals surface area contributed by atoms with Crippen molar-refractivity contribution in [3.05, 3.63) is 28.2 Å². The Balaban J connectivity index is 3.16. The smallest absolute Gasteiger partial charge is 0.250 e. The lowest BCUT2D eigenvalue weighted by atomic mass is 10.2. The highest BCUT2D eigenvalue weighted by atomic mass is 79.9. The Kier molecular flexibility index (Phi) is 9.15. The average Bonchev–Trinajstić information content (AvgIpc) is 2.57. The Morgan fingerprint density at radius 3 is 1.97 bits per heavy atom. The van der Waals surface area contributed by atoms with Gasteiger partial charge in [0.2, 0.25) is 12.4 Å². The van der Waals surface area contributed by atoms with Gasteiger partial charge in [-0.05, 0) is 93.3 Å². The van der Waals surface area contributed by atoms with Gasteiger partial charge in [-0.2, -0.15) is 5.06 Å². The second-order valence-corrected chi connectivity index (χ2v) is 16.9. The number of nitrogens with zero attached hydrogens (tertiary/aromatic N) is 2. The zero-order chi connectivity index (χ0) is 25.1. The minimum atomic E-state index is -1.98. The molecule has 0 aromatic heterocycles. The molecule has 9 heteroatoms. The fourth-order valence-corrected chi connectivity index (χ4v) is 4.01. The van der Waals surface area contributed by atoms with Crippen LogP contribution in [0.1, 0.15) is 67.9 Å². The Hall–Kier alpha value is -1.42. The third-order valence-corrected chi connectivity index (χ3v) is 9.75. The molecule has 0 saturated heterocycles. The molecule has 1 aromatic carbocycles. The molecular formula is C23H40BrN3O4Si. The van der Waals surface area contributed by atoms with Crippen molar-refractivity contribution >= 4 is 36.6 Å². The molecule has 1 rings (SSSR count).